The quantitative estimate of drug-likeness (QED) is 0.759. The van der Waals surface area contributed by atoms with Gasteiger partial charge in [-0.15, -0.1) is 5.10 Å². The maximum Gasteiger partial charge on any atom is 0.170 e. The number of methoxy groups -OCH3 is 1. The number of ether oxygens (including phenoxy) is 1. The fourth-order valence-corrected chi connectivity index (χ4v) is 1.50. The average molecular weight is 251 g/mol. The second kappa shape index (κ2) is 6.18. The van der Waals surface area contributed by atoms with Gasteiger partial charge in [0.1, 0.15) is 5.82 Å². The molecule has 0 spiro atoms. The van der Waals surface area contributed by atoms with E-state index < -0.39 is 0 Å². The summed E-state index contributed by atoms with van der Waals surface area (Å²) in [4.78, 5) is 0. The molecule has 6 nitrogen and oxygen atoms in total. The molecule has 0 amide bonds. The van der Waals surface area contributed by atoms with Crippen LogP contribution in [0, 0.1) is 5.82 Å². The lowest BCUT2D eigenvalue weighted by molar-refractivity contribution is 0.199. The molecule has 96 valence electrons. The minimum absolute atomic E-state index is 0.318. The Hall–Kier alpha value is -1.86. The standard InChI is InChI=1S/C11H14FN5O/c1-18-6-5-13-8-11-14-15-16-17(11)10-4-2-3-9(12)7-10/h2-4,7,13H,5-6,8H2,1H3. The third-order valence-corrected chi connectivity index (χ3v) is 2.35. The molecule has 2 rings (SSSR count). The lowest BCUT2D eigenvalue weighted by atomic mass is 10.3. The molecule has 1 aromatic heterocycles. The van der Waals surface area contributed by atoms with Gasteiger partial charge in [0, 0.05) is 13.7 Å². The third-order valence-electron chi connectivity index (χ3n) is 2.35. The van der Waals surface area contributed by atoms with Crippen LogP contribution < -0.4 is 5.32 Å². The number of hydrogen-bond donors (Lipinski definition) is 1. The van der Waals surface area contributed by atoms with Crippen LogP contribution in [0.25, 0.3) is 5.69 Å². The van der Waals surface area contributed by atoms with Gasteiger partial charge in [0.25, 0.3) is 0 Å². The van der Waals surface area contributed by atoms with E-state index in [0.29, 0.717) is 31.2 Å². The summed E-state index contributed by atoms with van der Waals surface area (Å²) in [5.41, 5.74) is 0.601. The van der Waals surface area contributed by atoms with Gasteiger partial charge in [0.05, 0.1) is 18.8 Å². The molecule has 7 heteroatoms. The zero-order valence-electron chi connectivity index (χ0n) is 10.0. The molecule has 0 saturated heterocycles. The first kappa shape index (κ1) is 12.6. The average Bonchev–Trinajstić information content (AvgIpc) is 2.83. The summed E-state index contributed by atoms with van der Waals surface area (Å²) in [5.74, 6) is 0.304. The fraction of sp³-hybridized carbons (Fsp3) is 0.364. The van der Waals surface area contributed by atoms with Crippen LogP contribution in [0.15, 0.2) is 24.3 Å². The van der Waals surface area contributed by atoms with Crippen LogP contribution in [0.2, 0.25) is 0 Å². The minimum Gasteiger partial charge on any atom is -0.383 e. The van der Waals surface area contributed by atoms with Crippen LogP contribution in [0.1, 0.15) is 5.82 Å². The molecular weight excluding hydrogens is 237 g/mol. The summed E-state index contributed by atoms with van der Waals surface area (Å²) in [7, 11) is 1.64. The van der Waals surface area contributed by atoms with Crippen LogP contribution in [0.4, 0.5) is 4.39 Å². The Kier molecular flexibility index (Phi) is 4.32. The van der Waals surface area contributed by atoms with Crippen molar-refractivity contribution in [3.05, 3.63) is 35.9 Å². The molecule has 2 aromatic rings. The Bertz CT molecular complexity index is 502. The first-order chi connectivity index (χ1) is 8.81. The Morgan fingerprint density at radius 1 is 1.44 bits per heavy atom. The van der Waals surface area contributed by atoms with Gasteiger partial charge in [0.2, 0.25) is 0 Å². The molecule has 0 saturated carbocycles. The molecule has 0 unspecified atom stereocenters. The van der Waals surface area contributed by atoms with E-state index in [1.165, 1.54) is 16.8 Å². The number of halogens is 1. The van der Waals surface area contributed by atoms with Crippen LogP contribution in [-0.2, 0) is 11.3 Å². The predicted octanol–water partition coefficient (Wildman–Crippen LogP) is 0.537. The highest BCUT2D eigenvalue weighted by atomic mass is 19.1. The molecule has 0 radical (unpaired) electrons. The molecule has 18 heavy (non-hydrogen) atoms. The van der Waals surface area contributed by atoms with Gasteiger partial charge in [-0.3, -0.25) is 0 Å². The first-order valence-electron chi connectivity index (χ1n) is 5.54. The molecule has 0 fully saturated rings. The molecule has 0 atom stereocenters. The van der Waals surface area contributed by atoms with Crippen LogP contribution >= 0.6 is 0 Å². The highest BCUT2D eigenvalue weighted by Crippen LogP contribution is 2.09. The molecule has 0 bridgehead atoms. The normalized spacial score (nSPS) is 10.8. The van der Waals surface area contributed by atoms with Gasteiger partial charge in [-0.1, -0.05) is 6.07 Å². The van der Waals surface area contributed by atoms with Crippen molar-refractivity contribution < 1.29 is 9.13 Å². The van der Waals surface area contributed by atoms with E-state index in [1.54, 1.807) is 19.2 Å². The van der Waals surface area contributed by atoms with E-state index in [2.05, 4.69) is 20.8 Å². The van der Waals surface area contributed by atoms with Crippen molar-refractivity contribution in [2.75, 3.05) is 20.3 Å². The molecular formula is C11H14FN5O. The predicted molar refractivity (Wildman–Crippen MR) is 62.7 cm³/mol. The largest absolute Gasteiger partial charge is 0.383 e. The van der Waals surface area contributed by atoms with Gasteiger partial charge in [-0.25, -0.2) is 4.39 Å². The van der Waals surface area contributed by atoms with Gasteiger partial charge in [-0.05, 0) is 28.6 Å². The fourth-order valence-electron chi connectivity index (χ4n) is 1.50. The van der Waals surface area contributed by atoms with Gasteiger partial charge in [0.15, 0.2) is 5.82 Å². The molecule has 1 heterocycles. The van der Waals surface area contributed by atoms with Crippen LogP contribution in [0.5, 0.6) is 0 Å². The second-order valence-electron chi connectivity index (χ2n) is 3.66. The number of tetrazole rings is 1. The number of nitrogens with zero attached hydrogens (tertiary/aromatic N) is 4. The van der Waals surface area contributed by atoms with Crippen molar-refractivity contribution >= 4 is 0 Å². The van der Waals surface area contributed by atoms with Crippen LogP contribution in [0.3, 0.4) is 0 Å². The molecule has 1 aromatic carbocycles. The Morgan fingerprint density at radius 2 is 2.33 bits per heavy atom. The number of hydrogen-bond acceptors (Lipinski definition) is 5. The monoisotopic (exact) mass is 251 g/mol. The Balaban J connectivity index is 2.08. The summed E-state index contributed by atoms with van der Waals surface area (Å²) in [6.45, 7) is 1.81. The van der Waals surface area contributed by atoms with Crippen molar-refractivity contribution in [2.24, 2.45) is 0 Å². The zero-order chi connectivity index (χ0) is 12.8. The second-order valence-corrected chi connectivity index (χ2v) is 3.66. The SMILES string of the molecule is COCCNCc1nnnn1-c1cccc(F)c1. The van der Waals surface area contributed by atoms with Crippen LogP contribution in [-0.4, -0.2) is 40.5 Å². The molecule has 0 aliphatic heterocycles. The van der Waals surface area contributed by atoms with E-state index in [9.17, 15) is 4.39 Å². The topological polar surface area (TPSA) is 64.9 Å². The van der Waals surface area contributed by atoms with E-state index in [0.717, 1.165) is 0 Å². The Morgan fingerprint density at radius 3 is 3.11 bits per heavy atom. The number of nitrogens with one attached hydrogen (secondary N) is 1. The molecule has 0 aliphatic rings. The number of aromatic nitrogens is 4. The number of benzene rings is 1. The Labute approximate surface area is 104 Å². The van der Waals surface area contributed by atoms with E-state index in [-0.39, 0.29) is 5.82 Å². The molecule has 0 aliphatic carbocycles. The summed E-state index contributed by atoms with van der Waals surface area (Å²) >= 11 is 0. The lowest BCUT2D eigenvalue weighted by Gasteiger charge is -2.05. The van der Waals surface area contributed by atoms with Crippen molar-refractivity contribution in [2.45, 2.75) is 6.54 Å². The van der Waals surface area contributed by atoms with Crippen molar-refractivity contribution in [1.82, 2.24) is 25.5 Å². The molecule has 1 N–H and O–H groups in total. The summed E-state index contributed by atoms with van der Waals surface area (Å²) < 4.78 is 19.6. The maximum absolute atomic E-state index is 13.1. The summed E-state index contributed by atoms with van der Waals surface area (Å²) in [5, 5.41) is 14.5. The highest BCUT2D eigenvalue weighted by molar-refractivity contribution is 5.31. The van der Waals surface area contributed by atoms with Gasteiger partial charge >= 0.3 is 0 Å². The summed E-state index contributed by atoms with van der Waals surface area (Å²) in [6, 6.07) is 6.13. The maximum atomic E-state index is 13.1. The van der Waals surface area contributed by atoms with Crippen molar-refractivity contribution in [3.63, 3.8) is 0 Å². The van der Waals surface area contributed by atoms with Crippen molar-refractivity contribution in [1.29, 1.82) is 0 Å². The third kappa shape index (κ3) is 3.08. The summed E-state index contributed by atoms with van der Waals surface area (Å²) in [6.07, 6.45) is 0. The van der Waals surface area contributed by atoms with E-state index in [4.69, 9.17) is 4.74 Å². The first-order valence-corrected chi connectivity index (χ1v) is 5.54. The number of rotatable bonds is 6. The highest BCUT2D eigenvalue weighted by Gasteiger charge is 2.08. The van der Waals surface area contributed by atoms with Gasteiger partial charge < -0.3 is 10.1 Å². The van der Waals surface area contributed by atoms with Crippen molar-refractivity contribution in [3.8, 4) is 5.69 Å². The van der Waals surface area contributed by atoms with E-state index >= 15 is 0 Å². The smallest absolute Gasteiger partial charge is 0.170 e. The minimum atomic E-state index is -0.318. The zero-order valence-corrected chi connectivity index (χ0v) is 10.0. The van der Waals surface area contributed by atoms with Gasteiger partial charge in [-0.2, -0.15) is 4.68 Å². The lowest BCUT2D eigenvalue weighted by Crippen LogP contribution is -2.21. The van der Waals surface area contributed by atoms with E-state index in [1.807, 2.05) is 0 Å².